The van der Waals surface area contributed by atoms with E-state index in [1.54, 1.807) is 18.2 Å². The Morgan fingerprint density at radius 1 is 1.53 bits per heavy atom. The van der Waals surface area contributed by atoms with E-state index in [2.05, 4.69) is 0 Å². The molecule has 1 rings (SSSR count). The predicted octanol–water partition coefficient (Wildman–Crippen LogP) is 0.923. The Labute approximate surface area is 97.9 Å². The van der Waals surface area contributed by atoms with Crippen LogP contribution >= 0.6 is 0 Å². The summed E-state index contributed by atoms with van der Waals surface area (Å²) in [6.45, 7) is -2.90. The highest BCUT2D eigenvalue weighted by Crippen LogP contribution is 2.00. The fourth-order valence-corrected chi connectivity index (χ4v) is 0.677. The zero-order valence-electron chi connectivity index (χ0n) is 13.6. The summed E-state index contributed by atoms with van der Waals surface area (Å²) in [5.41, 5.74) is 5.42. The summed E-state index contributed by atoms with van der Waals surface area (Å²) >= 11 is 0. The van der Waals surface area contributed by atoms with Crippen molar-refractivity contribution in [2.24, 2.45) is 5.73 Å². The summed E-state index contributed by atoms with van der Waals surface area (Å²) < 4.78 is 75.9. The molecule has 0 bridgehead atoms. The number of rotatable bonds is 2. The van der Waals surface area contributed by atoms with Crippen molar-refractivity contribution in [1.82, 2.24) is 0 Å². The molecule has 0 spiro atoms. The van der Waals surface area contributed by atoms with Crippen molar-refractivity contribution in [1.29, 1.82) is 0 Å². The first-order chi connectivity index (χ1) is 9.11. The lowest BCUT2D eigenvalue weighted by Gasteiger charge is -2.02. The molecule has 1 aromatic rings. The van der Waals surface area contributed by atoms with E-state index >= 15 is 0 Å². The van der Waals surface area contributed by atoms with E-state index in [1.165, 1.54) is 12.1 Å². The maximum absolute atomic E-state index is 8.74. The van der Waals surface area contributed by atoms with Crippen LogP contribution in [0.4, 0.5) is 0 Å². The van der Waals surface area contributed by atoms with Gasteiger partial charge in [-0.25, -0.2) is 0 Å². The van der Waals surface area contributed by atoms with Crippen molar-refractivity contribution in [3.8, 4) is 0 Å². The SMILES string of the molecule is O=S(=O)(O)O.[2H]C([2H])([2H])C([2H])(N)C([2H])([2H])c1ccccc1. The van der Waals surface area contributed by atoms with Crippen LogP contribution in [0.2, 0.25) is 0 Å². The maximum Gasteiger partial charge on any atom is 0.394 e. The minimum atomic E-state index is -4.67. The lowest BCUT2D eigenvalue weighted by atomic mass is 10.1. The Kier molecular flexibility index (Phi) is 2.87. The molecule has 0 amide bonds. The third-order valence-electron chi connectivity index (χ3n) is 1.05. The zero-order chi connectivity index (χ0) is 17.1. The Morgan fingerprint density at radius 3 is 2.40 bits per heavy atom. The Bertz CT molecular complexity index is 549. The standard InChI is InChI=1S/C9H13N.H2O4S/c1-8(10)7-9-5-3-2-4-6-9;1-5(2,3)4/h2-6,8H,7,10H2,1H3;(H2,1,2,3,4)/i1D3,7D2,8D;. The van der Waals surface area contributed by atoms with Crippen molar-refractivity contribution in [3.05, 3.63) is 35.9 Å². The molecule has 6 heteroatoms. The Hall–Kier alpha value is -0.950. The number of benzene rings is 1. The molecule has 0 aliphatic heterocycles. The van der Waals surface area contributed by atoms with Gasteiger partial charge in [-0.3, -0.25) is 9.11 Å². The van der Waals surface area contributed by atoms with Gasteiger partial charge in [-0.2, -0.15) is 8.42 Å². The molecular weight excluding hydrogens is 218 g/mol. The highest BCUT2D eigenvalue weighted by Gasteiger charge is 1.94. The van der Waals surface area contributed by atoms with Gasteiger partial charge in [0.15, 0.2) is 0 Å². The molecule has 0 aromatic heterocycles. The fraction of sp³-hybridized carbons (Fsp3) is 0.333. The predicted molar refractivity (Wildman–Crippen MR) is 58.0 cm³/mol. The molecule has 0 fully saturated rings. The van der Waals surface area contributed by atoms with Crippen molar-refractivity contribution < 1.29 is 25.7 Å². The Morgan fingerprint density at radius 2 is 2.00 bits per heavy atom. The molecule has 0 aliphatic rings. The van der Waals surface area contributed by atoms with Crippen molar-refractivity contribution in [3.63, 3.8) is 0 Å². The molecular formula is C9H15NO4S. The van der Waals surface area contributed by atoms with Crippen LogP contribution in [0.5, 0.6) is 0 Å². The van der Waals surface area contributed by atoms with Gasteiger partial charge in [0.1, 0.15) is 0 Å². The first-order valence-electron chi connectivity index (χ1n) is 6.65. The summed E-state index contributed by atoms with van der Waals surface area (Å²) in [7, 11) is -4.67. The van der Waals surface area contributed by atoms with Crippen molar-refractivity contribution >= 4 is 10.4 Å². The molecule has 1 unspecified atom stereocenters. The van der Waals surface area contributed by atoms with Crippen LogP contribution in [0.1, 0.15) is 20.6 Å². The molecule has 1 atom stereocenters. The minimum absolute atomic E-state index is 0.0867. The van der Waals surface area contributed by atoms with Gasteiger partial charge in [-0.05, 0) is 18.8 Å². The van der Waals surface area contributed by atoms with Crippen molar-refractivity contribution in [2.45, 2.75) is 19.2 Å². The largest absolute Gasteiger partial charge is 0.394 e. The average Bonchev–Trinajstić information content (AvgIpc) is 2.26. The number of hydrogen-bond donors (Lipinski definition) is 3. The first kappa shape index (κ1) is 6.59. The van der Waals surface area contributed by atoms with Gasteiger partial charge in [0.2, 0.25) is 0 Å². The minimum Gasteiger partial charge on any atom is -0.328 e. The van der Waals surface area contributed by atoms with Gasteiger partial charge in [0.05, 0.1) is 0 Å². The highest BCUT2D eigenvalue weighted by atomic mass is 32.3. The maximum atomic E-state index is 8.74. The third-order valence-corrected chi connectivity index (χ3v) is 1.05. The van der Waals surface area contributed by atoms with E-state index in [4.69, 9.17) is 31.5 Å². The summed E-state index contributed by atoms with van der Waals surface area (Å²) in [6, 6.07) is 4.98. The van der Waals surface area contributed by atoms with Gasteiger partial charge in [0, 0.05) is 14.2 Å². The lowest BCUT2D eigenvalue weighted by molar-refractivity contribution is 0.381. The van der Waals surface area contributed by atoms with E-state index in [-0.39, 0.29) is 5.56 Å². The molecule has 5 nitrogen and oxygen atoms in total. The van der Waals surface area contributed by atoms with Gasteiger partial charge < -0.3 is 5.73 Å². The summed E-state index contributed by atoms with van der Waals surface area (Å²) in [4.78, 5) is 0. The number of nitrogens with two attached hydrogens (primary N) is 1. The molecule has 1 aromatic carbocycles. The van der Waals surface area contributed by atoms with Gasteiger partial charge in [-0.1, -0.05) is 30.3 Å². The molecule has 4 N–H and O–H groups in total. The van der Waals surface area contributed by atoms with E-state index < -0.39 is 29.6 Å². The fourth-order valence-electron chi connectivity index (χ4n) is 0.677. The second-order valence-electron chi connectivity index (χ2n) is 2.35. The average molecular weight is 239 g/mol. The molecule has 0 aliphatic carbocycles. The third kappa shape index (κ3) is 13.1. The van der Waals surface area contributed by atoms with Crippen molar-refractivity contribution in [2.75, 3.05) is 0 Å². The van der Waals surface area contributed by atoms with Gasteiger partial charge in [0.25, 0.3) is 0 Å². The van der Waals surface area contributed by atoms with Crippen LogP contribution in [-0.2, 0) is 16.8 Å². The smallest absolute Gasteiger partial charge is 0.328 e. The molecule has 15 heavy (non-hydrogen) atoms. The van der Waals surface area contributed by atoms with E-state index in [9.17, 15) is 0 Å². The van der Waals surface area contributed by atoms with Gasteiger partial charge >= 0.3 is 10.4 Å². The number of hydrogen-bond acceptors (Lipinski definition) is 3. The molecule has 0 heterocycles. The van der Waals surface area contributed by atoms with Crippen LogP contribution in [0.15, 0.2) is 30.3 Å². The van der Waals surface area contributed by atoms with Gasteiger partial charge in [-0.15, -0.1) is 0 Å². The second kappa shape index (κ2) is 6.52. The quantitative estimate of drug-likeness (QED) is 0.666. The van der Waals surface area contributed by atoms with Crippen LogP contribution < -0.4 is 5.73 Å². The molecule has 0 saturated heterocycles. The summed E-state index contributed by atoms with van der Waals surface area (Å²) in [6.07, 6.45) is -2.44. The van der Waals surface area contributed by atoms with Crippen LogP contribution in [0.25, 0.3) is 0 Å². The normalized spacial score (nSPS) is 22.3. The van der Waals surface area contributed by atoms with Crippen LogP contribution in [0, 0.1) is 0 Å². The second-order valence-corrected chi connectivity index (χ2v) is 3.25. The van der Waals surface area contributed by atoms with Crippen LogP contribution in [-0.4, -0.2) is 23.5 Å². The monoisotopic (exact) mass is 239 g/mol. The van der Waals surface area contributed by atoms with E-state index in [0.717, 1.165) is 0 Å². The molecule has 86 valence electrons. The first-order valence-corrected chi connectivity index (χ1v) is 5.04. The topological polar surface area (TPSA) is 101 Å². The van der Waals surface area contributed by atoms with E-state index in [0.29, 0.717) is 0 Å². The summed E-state index contributed by atoms with van der Waals surface area (Å²) in [5.74, 6) is 0. The van der Waals surface area contributed by atoms with E-state index in [1.807, 2.05) is 0 Å². The Balaban J connectivity index is 0.000000690. The van der Waals surface area contributed by atoms with Crippen LogP contribution in [0.3, 0.4) is 0 Å². The molecule has 0 radical (unpaired) electrons. The molecule has 0 saturated carbocycles. The highest BCUT2D eigenvalue weighted by molar-refractivity contribution is 7.79. The lowest BCUT2D eigenvalue weighted by Crippen LogP contribution is -2.17. The summed E-state index contributed by atoms with van der Waals surface area (Å²) in [5, 5.41) is 0. The zero-order valence-corrected chi connectivity index (χ0v) is 8.40.